The number of hydrogen-bond acceptors (Lipinski definition) is 3. The number of rotatable bonds is 7. The molecule has 2 aromatic carbocycles. The van der Waals surface area contributed by atoms with Crippen LogP contribution in [0.2, 0.25) is 0 Å². The zero-order valence-electron chi connectivity index (χ0n) is 15.4. The van der Waals surface area contributed by atoms with Gasteiger partial charge in [0.2, 0.25) is 5.91 Å². The van der Waals surface area contributed by atoms with Gasteiger partial charge in [-0.1, -0.05) is 42.5 Å². The average Bonchev–Trinajstić information content (AvgIpc) is 3.00. The van der Waals surface area contributed by atoms with Crippen molar-refractivity contribution in [2.24, 2.45) is 5.73 Å². The third kappa shape index (κ3) is 4.11. The fourth-order valence-electron chi connectivity index (χ4n) is 3.25. The SMILES string of the molecule is CC(C)n1c(CCNC(=O)CC(N)c2ccccc2)nc2ccccc21. The van der Waals surface area contributed by atoms with E-state index in [1.54, 1.807) is 0 Å². The summed E-state index contributed by atoms with van der Waals surface area (Å²) >= 11 is 0. The topological polar surface area (TPSA) is 72.9 Å². The summed E-state index contributed by atoms with van der Waals surface area (Å²) in [4.78, 5) is 16.9. The molecule has 5 nitrogen and oxygen atoms in total. The highest BCUT2D eigenvalue weighted by molar-refractivity contribution is 5.77. The molecule has 26 heavy (non-hydrogen) atoms. The minimum atomic E-state index is -0.281. The molecule has 3 rings (SSSR count). The fourth-order valence-corrected chi connectivity index (χ4v) is 3.25. The van der Waals surface area contributed by atoms with Crippen LogP contribution in [0.15, 0.2) is 54.6 Å². The van der Waals surface area contributed by atoms with E-state index in [9.17, 15) is 4.79 Å². The lowest BCUT2D eigenvalue weighted by Gasteiger charge is -2.14. The molecule has 0 saturated heterocycles. The normalized spacial score (nSPS) is 12.5. The number of fused-ring (bicyclic) bond motifs is 1. The predicted molar refractivity (Wildman–Crippen MR) is 105 cm³/mol. The number of nitrogens with two attached hydrogens (primary N) is 1. The molecule has 1 atom stereocenters. The second kappa shape index (κ2) is 8.15. The van der Waals surface area contributed by atoms with Crippen LogP contribution >= 0.6 is 0 Å². The summed E-state index contributed by atoms with van der Waals surface area (Å²) in [6, 6.07) is 17.9. The maximum Gasteiger partial charge on any atom is 0.221 e. The van der Waals surface area contributed by atoms with E-state index >= 15 is 0 Å². The van der Waals surface area contributed by atoms with Crippen LogP contribution in [-0.4, -0.2) is 22.0 Å². The number of hydrogen-bond donors (Lipinski definition) is 2. The molecule has 136 valence electrons. The summed E-state index contributed by atoms with van der Waals surface area (Å²) in [6.07, 6.45) is 0.976. The lowest BCUT2D eigenvalue weighted by atomic mass is 10.0. The minimum absolute atomic E-state index is 0.0337. The van der Waals surface area contributed by atoms with Crippen LogP contribution in [0.3, 0.4) is 0 Å². The Labute approximate surface area is 154 Å². The van der Waals surface area contributed by atoms with E-state index in [-0.39, 0.29) is 18.4 Å². The Morgan fingerprint density at radius 3 is 2.54 bits per heavy atom. The molecule has 0 saturated carbocycles. The van der Waals surface area contributed by atoms with Crippen LogP contribution in [0.1, 0.15) is 43.7 Å². The Bertz CT molecular complexity index is 870. The van der Waals surface area contributed by atoms with E-state index in [2.05, 4.69) is 29.8 Å². The van der Waals surface area contributed by atoms with Gasteiger partial charge in [0.1, 0.15) is 5.82 Å². The molecule has 0 bridgehead atoms. The third-order valence-corrected chi connectivity index (χ3v) is 4.49. The number of carbonyl (C=O) groups is 1. The second-order valence-corrected chi connectivity index (χ2v) is 6.80. The first-order valence-electron chi connectivity index (χ1n) is 9.09. The maximum absolute atomic E-state index is 12.2. The Hall–Kier alpha value is -2.66. The molecule has 0 fully saturated rings. The molecule has 0 aliphatic heterocycles. The smallest absolute Gasteiger partial charge is 0.221 e. The molecule has 3 aromatic rings. The van der Waals surface area contributed by atoms with Crippen molar-refractivity contribution in [2.75, 3.05) is 6.54 Å². The van der Waals surface area contributed by atoms with E-state index in [4.69, 9.17) is 10.7 Å². The Morgan fingerprint density at radius 1 is 1.12 bits per heavy atom. The summed E-state index contributed by atoms with van der Waals surface area (Å²) in [5.41, 5.74) is 9.22. The summed E-state index contributed by atoms with van der Waals surface area (Å²) in [6.45, 7) is 4.85. The monoisotopic (exact) mass is 350 g/mol. The summed E-state index contributed by atoms with van der Waals surface area (Å²) < 4.78 is 2.23. The third-order valence-electron chi connectivity index (χ3n) is 4.49. The van der Waals surface area contributed by atoms with Gasteiger partial charge in [-0.15, -0.1) is 0 Å². The first-order chi connectivity index (χ1) is 12.6. The van der Waals surface area contributed by atoms with Gasteiger partial charge in [0.25, 0.3) is 0 Å². The number of para-hydroxylation sites is 2. The molecule has 0 radical (unpaired) electrons. The van der Waals surface area contributed by atoms with Crippen LogP contribution < -0.4 is 11.1 Å². The number of imidazole rings is 1. The number of nitrogens with one attached hydrogen (secondary N) is 1. The van der Waals surface area contributed by atoms with Gasteiger partial charge in [0, 0.05) is 31.5 Å². The standard InChI is InChI=1S/C21H26N4O/c1-15(2)25-19-11-7-6-10-18(19)24-20(25)12-13-23-21(26)14-17(22)16-8-4-3-5-9-16/h3-11,15,17H,12-14,22H2,1-2H3,(H,23,26). The molecule has 0 aliphatic rings. The van der Waals surface area contributed by atoms with Gasteiger partial charge in [-0.05, 0) is 31.5 Å². The van der Waals surface area contributed by atoms with E-state index in [1.807, 2.05) is 48.5 Å². The van der Waals surface area contributed by atoms with Crippen LogP contribution in [-0.2, 0) is 11.2 Å². The molecular formula is C21H26N4O. The van der Waals surface area contributed by atoms with Gasteiger partial charge >= 0.3 is 0 Å². The number of nitrogens with zero attached hydrogens (tertiary/aromatic N) is 2. The molecule has 0 spiro atoms. The van der Waals surface area contributed by atoms with Crippen molar-refractivity contribution in [3.05, 3.63) is 66.0 Å². The molecule has 3 N–H and O–H groups in total. The van der Waals surface area contributed by atoms with Crippen molar-refractivity contribution in [3.8, 4) is 0 Å². The van der Waals surface area contributed by atoms with Crippen LogP contribution in [0.4, 0.5) is 0 Å². The average molecular weight is 350 g/mol. The van der Waals surface area contributed by atoms with E-state index in [0.717, 1.165) is 22.4 Å². The van der Waals surface area contributed by atoms with Crippen molar-refractivity contribution < 1.29 is 4.79 Å². The molecular weight excluding hydrogens is 324 g/mol. The van der Waals surface area contributed by atoms with Gasteiger partial charge in [0.05, 0.1) is 11.0 Å². The van der Waals surface area contributed by atoms with Crippen LogP contribution in [0.5, 0.6) is 0 Å². The highest BCUT2D eigenvalue weighted by Gasteiger charge is 2.14. The van der Waals surface area contributed by atoms with Crippen LogP contribution in [0.25, 0.3) is 11.0 Å². The van der Waals surface area contributed by atoms with Gasteiger partial charge in [-0.3, -0.25) is 4.79 Å². The van der Waals surface area contributed by atoms with Crippen LogP contribution in [0, 0.1) is 0 Å². The summed E-state index contributed by atoms with van der Waals surface area (Å²) in [5.74, 6) is 0.961. The number of carbonyl (C=O) groups excluding carboxylic acids is 1. The Balaban J connectivity index is 1.59. The summed E-state index contributed by atoms with van der Waals surface area (Å²) in [5, 5.41) is 2.97. The molecule has 0 aliphatic carbocycles. The highest BCUT2D eigenvalue weighted by atomic mass is 16.1. The molecule has 1 amide bonds. The van der Waals surface area contributed by atoms with E-state index in [0.29, 0.717) is 19.0 Å². The van der Waals surface area contributed by atoms with Crippen molar-refractivity contribution in [1.29, 1.82) is 0 Å². The lowest BCUT2D eigenvalue weighted by Crippen LogP contribution is -2.29. The zero-order valence-corrected chi connectivity index (χ0v) is 15.4. The van der Waals surface area contributed by atoms with Gasteiger partial charge in [0.15, 0.2) is 0 Å². The number of amides is 1. The highest BCUT2D eigenvalue weighted by Crippen LogP contribution is 2.21. The Kier molecular flexibility index (Phi) is 5.68. The van der Waals surface area contributed by atoms with Crippen molar-refractivity contribution in [3.63, 3.8) is 0 Å². The molecule has 5 heteroatoms. The summed E-state index contributed by atoms with van der Waals surface area (Å²) in [7, 11) is 0. The minimum Gasteiger partial charge on any atom is -0.356 e. The van der Waals surface area contributed by atoms with Gasteiger partial charge in [-0.2, -0.15) is 0 Å². The fraction of sp³-hybridized carbons (Fsp3) is 0.333. The number of aromatic nitrogens is 2. The van der Waals surface area contributed by atoms with Gasteiger partial charge in [-0.25, -0.2) is 4.98 Å². The van der Waals surface area contributed by atoms with Crippen molar-refractivity contribution in [1.82, 2.24) is 14.9 Å². The van der Waals surface area contributed by atoms with Crippen molar-refractivity contribution in [2.45, 2.75) is 38.8 Å². The molecule has 1 aromatic heterocycles. The first kappa shape index (κ1) is 18.1. The number of benzene rings is 2. The Morgan fingerprint density at radius 2 is 1.81 bits per heavy atom. The predicted octanol–water partition coefficient (Wildman–Crippen LogP) is 3.37. The largest absolute Gasteiger partial charge is 0.356 e. The zero-order chi connectivity index (χ0) is 18.5. The van der Waals surface area contributed by atoms with E-state index in [1.165, 1.54) is 0 Å². The maximum atomic E-state index is 12.2. The first-order valence-corrected chi connectivity index (χ1v) is 9.09. The van der Waals surface area contributed by atoms with Crippen molar-refractivity contribution >= 4 is 16.9 Å². The lowest BCUT2D eigenvalue weighted by molar-refractivity contribution is -0.121. The van der Waals surface area contributed by atoms with Gasteiger partial charge < -0.3 is 15.6 Å². The quantitative estimate of drug-likeness (QED) is 0.686. The van der Waals surface area contributed by atoms with E-state index < -0.39 is 0 Å². The molecule has 1 unspecified atom stereocenters. The molecule has 1 heterocycles. The second-order valence-electron chi connectivity index (χ2n) is 6.80.